The third kappa shape index (κ3) is 4.62. The van der Waals surface area contributed by atoms with Crippen LogP contribution in [0.5, 0.6) is 0 Å². The Morgan fingerprint density at radius 2 is 1.93 bits per heavy atom. The van der Waals surface area contributed by atoms with E-state index in [2.05, 4.69) is 42.7 Å². The highest BCUT2D eigenvalue weighted by Gasteiger charge is 2.24. The molecule has 0 aromatic carbocycles. The van der Waals surface area contributed by atoms with Crippen LogP contribution >= 0.6 is 15.9 Å². The molecule has 146 valence electrons. The molecule has 0 saturated carbocycles. The standard InChI is InChI=1S/C19H26BrN5O2/c1-23(18-4-7-21-19(22-18)25-10-12-26-13-11-25)15-5-8-24(9-6-15)14-16-2-3-17(20)27-16/h2-4,7,15H,5-6,8-14H2,1H3. The molecule has 2 saturated heterocycles. The van der Waals surface area contributed by atoms with Gasteiger partial charge in [0, 0.05) is 45.5 Å². The molecule has 8 heteroatoms. The van der Waals surface area contributed by atoms with Crippen LogP contribution in [-0.4, -0.2) is 67.4 Å². The SMILES string of the molecule is CN(c1ccnc(N2CCOCC2)n1)C1CCN(Cc2ccc(Br)o2)CC1. The highest BCUT2D eigenvalue weighted by Crippen LogP contribution is 2.24. The monoisotopic (exact) mass is 435 g/mol. The van der Waals surface area contributed by atoms with Gasteiger partial charge in [-0.05, 0) is 47.0 Å². The number of furan rings is 1. The van der Waals surface area contributed by atoms with Gasteiger partial charge in [0.25, 0.3) is 0 Å². The number of aromatic nitrogens is 2. The van der Waals surface area contributed by atoms with E-state index in [0.29, 0.717) is 6.04 Å². The molecule has 0 radical (unpaired) electrons. The van der Waals surface area contributed by atoms with E-state index >= 15 is 0 Å². The minimum absolute atomic E-state index is 0.497. The molecular weight excluding hydrogens is 410 g/mol. The Hall–Kier alpha value is -1.64. The number of likely N-dealkylation sites (tertiary alicyclic amines) is 1. The van der Waals surface area contributed by atoms with Gasteiger partial charge in [0.2, 0.25) is 5.95 Å². The zero-order chi connectivity index (χ0) is 18.6. The second-order valence-corrected chi connectivity index (χ2v) is 7.92. The summed E-state index contributed by atoms with van der Waals surface area (Å²) in [6.07, 6.45) is 4.11. The van der Waals surface area contributed by atoms with Crippen LogP contribution in [0.3, 0.4) is 0 Å². The molecule has 4 rings (SSSR count). The van der Waals surface area contributed by atoms with Gasteiger partial charge in [0.1, 0.15) is 11.6 Å². The van der Waals surface area contributed by atoms with Crippen molar-refractivity contribution in [2.75, 3.05) is 56.2 Å². The summed E-state index contributed by atoms with van der Waals surface area (Å²) in [5.41, 5.74) is 0. The number of hydrogen-bond acceptors (Lipinski definition) is 7. The van der Waals surface area contributed by atoms with E-state index in [1.165, 1.54) is 0 Å². The van der Waals surface area contributed by atoms with Gasteiger partial charge in [0.05, 0.1) is 19.8 Å². The molecule has 0 bridgehead atoms. The molecule has 0 unspecified atom stereocenters. The molecule has 0 amide bonds. The predicted molar refractivity (Wildman–Crippen MR) is 108 cm³/mol. The summed E-state index contributed by atoms with van der Waals surface area (Å²) in [7, 11) is 2.15. The van der Waals surface area contributed by atoms with Crippen LogP contribution in [0.2, 0.25) is 0 Å². The zero-order valence-corrected chi connectivity index (χ0v) is 17.3. The van der Waals surface area contributed by atoms with Crippen molar-refractivity contribution in [2.45, 2.75) is 25.4 Å². The lowest BCUT2D eigenvalue weighted by molar-refractivity contribution is 0.122. The van der Waals surface area contributed by atoms with Gasteiger partial charge in [-0.15, -0.1) is 0 Å². The van der Waals surface area contributed by atoms with E-state index in [1.54, 1.807) is 0 Å². The van der Waals surface area contributed by atoms with E-state index in [9.17, 15) is 0 Å². The Balaban J connectivity index is 1.34. The lowest BCUT2D eigenvalue weighted by Gasteiger charge is -2.37. The van der Waals surface area contributed by atoms with Gasteiger partial charge < -0.3 is 19.0 Å². The van der Waals surface area contributed by atoms with E-state index in [-0.39, 0.29) is 0 Å². The van der Waals surface area contributed by atoms with Crippen LogP contribution in [0.1, 0.15) is 18.6 Å². The summed E-state index contributed by atoms with van der Waals surface area (Å²) in [6, 6.07) is 6.50. The average Bonchev–Trinajstić information content (AvgIpc) is 3.13. The van der Waals surface area contributed by atoms with Gasteiger partial charge >= 0.3 is 0 Å². The van der Waals surface area contributed by atoms with Crippen molar-refractivity contribution in [2.24, 2.45) is 0 Å². The van der Waals surface area contributed by atoms with Crippen LogP contribution in [0.15, 0.2) is 33.5 Å². The molecule has 27 heavy (non-hydrogen) atoms. The minimum atomic E-state index is 0.497. The number of piperidine rings is 1. The number of hydrogen-bond donors (Lipinski definition) is 0. The lowest BCUT2D eigenvalue weighted by Crippen LogP contribution is -2.43. The second kappa shape index (κ2) is 8.58. The summed E-state index contributed by atoms with van der Waals surface area (Å²) in [4.78, 5) is 16.2. The molecule has 2 aromatic heterocycles. The molecular formula is C19H26BrN5O2. The Bertz CT molecular complexity index is 741. The minimum Gasteiger partial charge on any atom is -0.453 e. The summed E-state index contributed by atoms with van der Waals surface area (Å²) in [5.74, 6) is 2.82. The maximum Gasteiger partial charge on any atom is 0.227 e. The quantitative estimate of drug-likeness (QED) is 0.715. The average molecular weight is 436 g/mol. The number of anilines is 2. The number of morpholine rings is 1. The van der Waals surface area contributed by atoms with E-state index in [0.717, 1.165) is 81.0 Å². The Kier molecular flexibility index (Phi) is 5.95. The van der Waals surface area contributed by atoms with Crippen LogP contribution in [0.25, 0.3) is 0 Å². The molecule has 2 aliphatic heterocycles. The molecule has 2 aliphatic rings. The Labute approximate surface area is 168 Å². The third-order valence-corrected chi connectivity index (χ3v) is 5.82. The van der Waals surface area contributed by atoms with Crippen molar-refractivity contribution >= 4 is 27.7 Å². The van der Waals surface area contributed by atoms with Gasteiger partial charge in [-0.25, -0.2) is 4.98 Å². The van der Waals surface area contributed by atoms with E-state index in [1.807, 2.05) is 24.4 Å². The normalized spacial score (nSPS) is 19.4. The largest absolute Gasteiger partial charge is 0.453 e. The second-order valence-electron chi connectivity index (χ2n) is 7.14. The molecule has 2 fully saturated rings. The fourth-order valence-corrected chi connectivity index (χ4v) is 4.10. The van der Waals surface area contributed by atoms with Crippen LogP contribution in [-0.2, 0) is 11.3 Å². The number of ether oxygens (including phenoxy) is 1. The first-order valence-corrected chi connectivity index (χ1v) is 10.3. The smallest absolute Gasteiger partial charge is 0.227 e. The Morgan fingerprint density at radius 1 is 1.15 bits per heavy atom. The highest BCUT2D eigenvalue weighted by atomic mass is 79.9. The van der Waals surface area contributed by atoms with E-state index < -0.39 is 0 Å². The maximum absolute atomic E-state index is 5.63. The molecule has 0 spiro atoms. The predicted octanol–water partition coefficient (Wildman–Crippen LogP) is 2.77. The number of rotatable bonds is 5. The van der Waals surface area contributed by atoms with Crippen LogP contribution in [0, 0.1) is 0 Å². The van der Waals surface area contributed by atoms with Crippen LogP contribution < -0.4 is 9.80 Å². The van der Waals surface area contributed by atoms with Crippen molar-refractivity contribution in [3.05, 3.63) is 34.8 Å². The van der Waals surface area contributed by atoms with Gasteiger partial charge in [-0.1, -0.05) is 0 Å². The van der Waals surface area contributed by atoms with Crippen molar-refractivity contribution in [1.82, 2.24) is 14.9 Å². The summed E-state index contributed by atoms with van der Waals surface area (Å²) in [6.45, 7) is 6.20. The molecule has 4 heterocycles. The molecule has 0 aliphatic carbocycles. The van der Waals surface area contributed by atoms with Gasteiger partial charge in [-0.2, -0.15) is 4.98 Å². The van der Waals surface area contributed by atoms with Crippen molar-refractivity contribution in [3.8, 4) is 0 Å². The highest BCUT2D eigenvalue weighted by molar-refractivity contribution is 9.10. The van der Waals surface area contributed by atoms with Gasteiger partial charge in [-0.3, -0.25) is 4.90 Å². The first-order chi connectivity index (χ1) is 13.2. The summed E-state index contributed by atoms with van der Waals surface area (Å²) in [5, 5.41) is 0. The molecule has 7 nitrogen and oxygen atoms in total. The van der Waals surface area contributed by atoms with Gasteiger partial charge in [0.15, 0.2) is 4.67 Å². The molecule has 0 atom stereocenters. The summed E-state index contributed by atoms with van der Waals surface area (Å²) < 4.78 is 11.9. The topological polar surface area (TPSA) is 57.9 Å². The third-order valence-electron chi connectivity index (χ3n) is 5.40. The number of halogens is 1. The Morgan fingerprint density at radius 3 is 2.63 bits per heavy atom. The van der Waals surface area contributed by atoms with E-state index in [4.69, 9.17) is 14.1 Å². The molecule has 2 aromatic rings. The first kappa shape index (κ1) is 18.7. The summed E-state index contributed by atoms with van der Waals surface area (Å²) >= 11 is 3.37. The number of nitrogens with zero attached hydrogens (tertiary/aromatic N) is 5. The first-order valence-electron chi connectivity index (χ1n) is 9.54. The van der Waals surface area contributed by atoms with Crippen molar-refractivity contribution in [1.29, 1.82) is 0 Å². The maximum atomic E-state index is 5.63. The zero-order valence-electron chi connectivity index (χ0n) is 15.7. The fourth-order valence-electron chi connectivity index (χ4n) is 3.76. The van der Waals surface area contributed by atoms with Crippen LogP contribution in [0.4, 0.5) is 11.8 Å². The fraction of sp³-hybridized carbons (Fsp3) is 0.579. The van der Waals surface area contributed by atoms with Crippen molar-refractivity contribution < 1.29 is 9.15 Å². The van der Waals surface area contributed by atoms with Crippen molar-refractivity contribution in [3.63, 3.8) is 0 Å². The molecule has 0 N–H and O–H groups in total. The lowest BCUT2D eigenvalue weighted by atomic mass is 10.0.